The highest BCUT2D eigenvalue weighted by molar-refractivity contribution is 7.89. The van der Waals surface area contributed by atoms with E-state index in [1.54, 1.807) is 39.1 Å². The first-order valence-electron chi connectivity index (χ1n) is 9.46. The molecule has 1 heterocycles. The minimum Gasteiger partial charge on any atom is -0.355 e. The standard InChI is InChI=1S/C21H24ClN3O4S/c1-21(2)17-12-16(8-9-18(17)25(3)20(21)27)30(28,29)24-13-19(26)23-11-10-14-4-6-15(22)7-5-14/h4-9,12,24H,10-11,13H2,1-3H3,(H,23,26). The highest BCUT2D eigenvalue weighted by Crippen LogP contribution is 2.41. The third-order valence-electron chi connectivity index (χ3n) is 5.22. The van der Waals surface area contributed by atoms with Crippen LogP contribution >= 0.6 is 11.6 Å². The van der Waals surface area contributed by atoms with Crippen molar-refractivity contribution in [2.75, 3.05) is 25.0 Å². The second-order valence-electron chi connectivity index (χ2n) is 7.72. The fourth-order valence-corrected chi connectivity index (χ4v) is 4.56. The zero-order chi connectivity index (χ0) is 22.1. The molecule has 2 aromatic carbocycles. The van der Waals surface area contributed by atoms with Gasteiger partial charge < -0.3 is 10.2 Å². The van der Waals surface area contributed by atoms with Crippen LogP contribution in [-0.4, -0.2) is 40.4 Å². The molecule has 1 aliphatic rings. The molecule has 9 heteroatoms. The van der Waals surface area contributed by atoms with Gasteiger partial charge >= 0.3 is 0 Å². The number of nitrogens with zero attached hydrogens (tertiary/aromatic N) is 1. The fraction of sp³-hybridized carbons (Fsp3) is 0.333. The largest absolute Gasteiger partial charge is 0.355 e. The first-order chi connectivity index (χ1) is 14.0. The lowest BCUT2D eigenvalue weighted by Gasteiger charge is -2.16. The highest BCUT2D eigenvalue weighted by atomic mass is 35.5. The molecule has 3 rings (SSSR count). The summed E-state index contributed by atoms with van der Waals surface area (Å²) in [7, 11) is -2.24. The average Bonchev–Trinajstić information content (AvgIpc) is 2.88. The van der Waals surface area contributed by atoms with Gasteiger partial charge in [-0.15, -0.1) is 0 Å². The summed E-state index contributed by atoms with van der Waals surface area (Å²) in [6.45, 7) is 3.52. The molecule has 0 saturated heterocycles. The molecule has 0 atom stereocenters. The normalized spacial score (nSPS) is 15.2. The Hall–Kier alpha value is -2.42. The molecule has 0 unspecified atom stereocenters. The van der Waals surface area contributed by atoms with Crippen LogP contribution in [0.15, 0.2) is 47.4 Å². The predicted molar refractivity (Wildman–Crippen MR) is 116 cm³/mol. The summed E-state index contributed by atoms with van der Waals surface area (Å²) >= 11 is 5.84. The minimum atomic E-state index is -3.90. The average molecular weight is 450 g/mol. The summed E-state index contributed by atoms with van der Waals surface area (Å²) in [4.78, 5) is 26.0. The minimum absolute atomic E-state index is 0.0198. The molecule has 0 bridgehead atoms. The van der Waals surface area contributed by atoms with E-state index in [2.05, 4.69) is 10.0 Å². The van der Waals surface area contributed by atoms with Crippen LogP contribution in [-0.2, 0) is 31.4 Å². The van der Waals surface area contributed by atoms with Crippen molar-refractivity contribution in [3.63, 3.8) is 0 Å². The molecule has 160 valence electrons. The Morgan fingerprint density at radius 1 is 1.13 bits per heavy atom. The molecule has 0 spiro atoms. The smallest absolute Gasteiger partial charge is 0.241 e. The Bertz CT molecular complexity index is 1080. The zero-order valence-corrected chi connectivity index (χ0v) is 18.6. The van der Waals surface area contributed by atoms with E-state index in [-0.39, 0.29) is 17.3 Å². The van der Waals surface area contributed by atoms with E-state index in [0.717, 1.165) is 5.56 Å². The third kappa shape index (κ3) is 4.50. The van der Waals surface area contributed by atoms with Crippen molar-refractivity contribution in [1.29, 1.82) is 0 Å². The Morgan fingerprint density at radius 2 is 1.80 bits per heavy atom. The summed E-state index contributed by atoms with van der Waals surface area (Å²) in [6, 6.07) is 11.8. The summed E-state index contributed by atoms with van der Waals surface area (Å²) in [5.41, 5.74) is 1.53. The van der Waals surface area contributed by atoms with Crippen LogP contribution in [0, 0.1) is 0 Å². The van der Waals surface area contributed by atoms with E-state index in [0.29, 0.717) is 29.2 Å². The molecule has 0 radical (unpaired) electrons. The number of anilines is 1. The zero-order valence-electron chi connectivity index (χ0n) is 17.0. The molecule has 0 saturated carbocycles. The number of fused-ring (bicyclic) bond motifs is 1. The maximum Gasteiger partial charge on any atom is 0.241 e. The van der Waals surface area contributed by atoms with Crippen molar-refractivity contribution < 1.29 is 18.0 Å². The van der Waals surface area contributed by atoms with Gasteiger partial charge in [-0.1, -0.05) is 23.7 Å². The summed E-state index contributed by atoms with van der Waals surface area (Å²) in [5, 5.41) is 3.33. The second kappa shape index (κ2) is 8.37. The summed E-state index contributed by atoms with van der Waals surface area (Å²) in [6.07, 6.45) is 0.608. The maximum absolute atomic E-state index is 12.6. The Labute approximate surface area is 181 Å². The number of halogens is 1. The van der Waals surface area contributed by atoms with Gasteiger partial charge in [-0.2, -0.15) is 0 Å². The molecule has 0 aliphatic carbocycles. The first-order valence-corrected chi connectivity index (χ1v) is 11.3. The van der Waals surface area contributed by atoms with Crippen LogP contribution < -0.4 is 14.9 Å². The second-order valence-corrected chi connectivity index (χ2v) is 9.92. The van der Waals surface area contributed by atoms with Crippen LogP contribution in [0.5, 0.6) is 0 Å². The molecule has 7 nitrogen and oxygen atoms in total. The van der Waals surface area contributed by atoms with Crippen LogP contribution in [0.1, 0.15) is 25.0 Å². The number of rotatable bonds is 7. The molecule has 1 aliphatic heterocycles. The van der Waals surface area contributed by atoms with E-state index in [9.17, 15) is 18.0 Å². The van der Waals surface area contributed by atoms with Crippen LogP contribution in [0.2, 0.25) is 5.02 Å². The van der Waals surface area contributed by atoms with E-state index in [4.69, 9.17) is 11.6 Å². The van der Waals surface area contributed by atoms with E-state index < -0.39 is 21.3 Å². The molecule has 2 aromatic rings. The number of amides is 2. The van der Waals surface area contributed by atoms with Crippen molar-refractivity contribution in [3.05, 3.63) is 58.6 Å². The van der Waals surface area contributed by atoms with E-state index >= 15 is 0 Å². The molecule has 30 heavy (non-hydrogen) atoms. The van der Waals surface area contributed by atoms with Crippen molar-refractivity contribution >= 4 is 39.1 Å². The van der Waals surface area contributed by atoms with Crippen LogP contribution in [0.3, 0.4) is 0 Å². The molecular formula is C21H24ClN3O4S. The quantitative estimate of drug-likeness (QED) is 0.677. The number of carbonyl (C=O) groups excluding carboxylic acids is 2. The first kappa shape index (κ1) is 22.3. The predicted octanol–water partition coefficient (Wildman–Crippen LogP) is 2.23. The number of likely N-dealkylation sites (N-methyl/N-ethyl adjacent to an activating group) is 1. The molecule has 0 fully saturated rings. The summed E-state index contributed by atoms with van der Waals surface area (Å²) < 4.78 is 27.6. The maximum atomic E-state index is 12.6. The van der Waals surface area contributed by atoms with Crippen molar-refractivity contribution in [1.82, 2.24) is 10.0 Å². The third-order valence-corrected chi connectivity index (χ3v) is 6.88. The van der Waals surface area contributed by atoms with E-state index in [1.165, 1.54) is 17.0 Å². The Morgan fingerprint density at radius 3 is 2.47 bits per heavy atom. The van der Waals surface area contributed by atoms with Crippen LogP contribution in [0.25, 0.3) is 0 Å². The lowest BCUT2D eigenvalue weighted by Crippen LogP contribution is -2.37. The number of hydrogen-bond donors (Lipinski definition) is 2. The molecule has 2 amide bonds. The molecule has 0 aromatic heterocycles. The molecular weight excluding hydrogens is 426 g/mol. The Kier molecular flexibility index (Phi) is 6.21. The van der Waals surface area contributed by atoms with Gasteiger partial charge in [0.25, 0.3) is 0 Å². The number of benzene rings is 2. The fourth-order valence-electron chi connectivity index (χ4n) is 3.42. The number of carbonyl (C=O) groups is 2. The van der Waals surface area contributed by atoms with Gasteiger partial charge in [0.1, 0.15) is 0 Å². The SMILES string of the molecule is CN1C(=O)C(C)(C)c2cc(S(=O)(=O)NCC(=O)NCCc3ccc(Cl)cc3)ccc21. The lowest BCUT2D eigenvalue weighted by molar-refractivity contribution is -0.122. The van der Waals surface area contributed by atoms with Gasteiger partial charge in [-0.25, -0.2) is 13.1 Å². The highest BCUT2D eigenvalue weighted by Gasteiger charge is 2.42. The van der Waals surface area contributed by atoms with Gasteiger partial charge in [0, 0.05) is 24.3 Å². The number of sulfonamides is 1. The lowest BCUT2D eigenvalue weighted by atomic mass is 9.86. The van der Waals surface area contributed by atoms with Gasteiger partial charge in [0.05, 0.1) is 16.9 Å². The van der Waals surface area contributed by atoms with Gasteiger partial charge in [-0.05, 0) is 61.7 Å². The Balaban J connectivity index is 1.59. The summed E-state index contributed by atoms with van der Waals surface area (Å²) in [5.74, 6) is -0.524. The van der Waals surface area contributed by atoms with E-state index in [1.807, 2.05) is 12.1 Å². The van der Waals surface area contributed by atoms with Crippen molar-refractivity contribution in [3.8, 4) is 0 Å². The molecule has 2 N–H and O–H groups in total. The van der Waals surface area contributed by atoms with Gasteiger partial charge in [0.15, 0.2) is 0 Å². The number of hydrogen-bond acceptors (Lipinski definition) is 4. The van der Waals surface area contributed by atoms with Gasteiger partial charge in [-0.3, -0.25) is 9.59 Å². The van der Waals surface area contributed by atoms with Crippen LogP contribution in [0.4, 0.5) is 5.69 Å². The van der Waals surface area contributed by atoms with Crippen molar-refractivity contribution in [2.45, 2.75) is 30.6 Å². The monoisotopic (exact) mass is 449 g/mol. The number of nitrogens with one attached hydrogen (secondary N) is 2. The van der Waals surface area contributed by atoms with Gasteiger partial charge in [0.2, 0.25) is 21.8 Å². The topological polar surface area (TPSA) is 95.6 Å². The van der Waals surface area contributed by atoms with Crippen molar-refractivity contribution in [2.24, 2.45) is 0 Å².